The summed E-state index contributed by atoms with van der Waals surface area (Å²) < 4.78 is 10.6. The van der Waals surface area contributed by atoms with Gasteiger partial charge >= 0.3 is 8.03 Å². The van der Waals surface area contributed by atoms with Gasteiger partial charge in [-0.05, 0) is 12.1 Å². The quantitative estimate of drug-likeness (QED) is 0.489. The molecule has 2 rings (SSSR count). The second-order valence-electron chi connectivity index (χ2n) is 2.77. The molecule has 6 heteroatoms. The van der Waals surface area contributed by atoms with Crippen molar-refractivity contribution in [1.82, 2.24) is 5.32 Å². The van der Waals surface area contributed by atoms with Crippen molar-refractivity contribution in [2.45, 2.75) is 0 Å². The van der Waals surface area contributed by atoms with Crippen LogP contribution >= 0.6 is 8.03 Å². The van der Waals surface area contributed by atoms with Crippen molar-refractivity contribution in [3.8, 4) is 0 Å². The van der Waals surface area contributed by atoms with Crippen LogP contribution < -0.4 is 15.5 Å². The Balaban J connectivity index is 2.61. The Morgan fingerprint density at radius 2 is 1.79 bits per heavy atom. The Hall–Kier alpha value is -1.58. The molecule has 0 spiro atoms. The van der Waals surface area contributed by atoms with Crippen molar-refractivity contribution in [3.05, 3.63) is 29.3 Å². The van der Waals surface area contributed by atoms with E-state index in [-0.39, 0.29) is 16.4 Å². The van der Waals surface area contributed by atoms with Gasteiger partial charge < -0.3 is 4.89 Å². The zero-order valence-corrected chi connectivity index (χ0v) is 7.71. The topological polar surface area (TPSA) is 86.3 Å². The summed E-state index contributed by atoms with van der Waals surface area (Å²) in [7, 11) is -2.73. The molecule has 0 aromatic heterocycles. The van der Waals surface area contributed by atoms with Crippen molar-refractivity contribution in [2.24, 2.45) is 0 Å². The van der Waals surface area contributed by atoms with Crippen molar-refractivity contribution in [2.75, 3.05) is 0 Å². The Labute approximate surface area is 79.6 Å². The zero-order chi connectivity index (χ0) is 10.3. The summed E-state index contributed by atoms with van der Waals surface area (Å²) in [5, 5.41) is 2.10. The fourth-order valence-electron chi connectivity index (χ4n) is 1.27. The molecule has 1 aromatic carbocycles. The van der Waals surface area contributed by atoms with Gasteiger partial charge in [-0.1, -0.05) is 4.57 Å². The molecular weight excluding hydrogens is 205 g/mol. The first-order valence-electron chi connectivity index (χ1n) is 3.74. The highest BCUT2D eigenvalue weighted by atomic mass is 31.1. The van der Waals surface area contributed by atoms with E-state index in [0.717, 1.165) is 0 Å². The summed E-state index contributed by atoms with van der Waals surface area (Å²) in [5.41, 5.74) is 0.335. The second kappa shape index (κ2) is 2.97. The lowest BCUT2D eigenvalue weighted by molar-refractivity contribution is -0.160. The summed E-state index contributed by atoms with van der Waals surface area (Å²) in [6.45, 7) is 0. The Kier molecular flexibility index (Phi) is 1.91. The Bertz CT molecular complexity index is 468. The maximum atomic E-state index is 11.1. The molecule has 0 fully saturated rings. The van der Waals surface area contributed by atoms with Gasteiger partial charge in [-0.2, -0.15) is 0 Å². The van der Waals surface area contributed by atoms with Gasteiger partial charge in [0, 0.05) is 6.07 Å². The van der Waals surface area contributed by atoms with Crippen LogP contribution in [0.4, 0.5) is 0 Å². The molecule has 0 radical (unpaired) electrons. The van der Waals surface area contributed by atoms with Gasteiger partial charge in [0.15, 0.2) is 5.30 Å². The van der Waals surface area contributed by atoms with Crippen molar-refractivity contribution in [1.29, 1.82) is 0 Å². The van der Waals surface area contributed by atoms with Crippen LogP contribution in [-0.4, -0.2) is 11.8 Å². The van der Waals surface area contributed by atoms with Gasteiger partial charge in [0.25, 0.3) is 11.8 Å². The van der Waals surface area contributed by atoms with E-state index in [1.54, 1.807) is 0 Å². The molecule has 0 aliphatic carbocycles. The lowest BCUT2D eigenvalue weighted by Gasteiger charge is -1.93. The van der Waals surface area contributed by atoms with E-state index in [1.165, 1.54) is 18.2 Å². The van der Waals surface area contributed by atoms with Crippen LogP contribution in [0, 0.1) is 0 Å². The third kappa shape index (κ3) is 1.23. The van der Waals surface area contributed by atoms with Gasteiger partial charge in [-0.3, -0.25) is 14.9 Å². The predicted molar refractivity (Wildman–Crippen MR) is 45.5 cm³/mol. The standard InChI is InChI=1S/C8H4NO4P/c10-7-5-2-1-4(14(12)13)3-6(5)8(11)9-7/h1-3H,(H,9,10,11). The van der Waals surface area contributed by atoms with Gasteiger partial charge in [0.1, 0.15) is 0 Å². The molecule has 1 aromatic rings. The summed E-state index contributed by atoms with van der Waals surface area (Å²) >= 11 is 0. The van der Waals surface area contributed by atoms with Crippen molar-refractivity contribution >= 4 is 25.1 Å². The molecule has 2 amide bonds. The first-order valence-corrected chi connectivity index (χ1v) is 4.91. The minimum Gasteiger partial charge on any atom is -0.591 e. The molecule has 14 heavy (non-hydrogen) atoms. The fraction of sp³-hybridized carbons (Fsp3) is 0. The van der Waals surface area contributed by atoms with Gasteiger partial charge in [-0.25, -0.2) is 0 Å². The molecule has 5 nitrogen and oxygen atoms in total. The van der Waals surface area contributed by atoms with Gasteiger partial charge in [0.2, 0.25) is 0 Å². The molecule has 1 aliphatic heterocycles. The number of benzene rings is 1. The summed E-state index contributed by atoms with van der Waals surface area (Å²) in [5.74, 6) is -1.04. The highest BCUT2D eigenvalue weighted by Crippen LogP contribution is 2.17. The fourth-order valence-corrected chi connectivity index (χ4v) is 1.70. The van der Waals surface area contributed by atoms with E-state index in [1.807, 2.05) is 0 Å². The first kappa shape index (κ1) is 8.99. The molecule has 0 saturated heterocycles. The van der Waals surface area contributed by atoms with Gasteiger partial charge in [-0.15, -0.1) is 0 Å². The van der Waals surface area contributed by atoms with E-state index in [4.69, 9.17) is 0 Å². The molecule has 0 bridgehead atoms. The number of nitrogens with one attached hydrogen (secondary N) is 1. The molecule has 1 atom stereocenters. The minimum absolute atomic E-state index is 0.0311. The molecule has 1 unspecified atom stereocenters. The van der Waals surface area contributed by atoms with E-state index in [2.05, 4.69) is 5.32 Å². The number of rotatable bonds is 1. The van der Waals surface area contributed by atoms with Crippen LogP contribution in [0.25, 0.3) is 0 Å². The van der Waals surface area contributed by atoms with E-state index in [9.17, 15) is 19.0 Å². The lowest BCUT2D eigenvalue weighted by atomic mass is 10.1. The number of hydrogen-bond acceptors (Lipinski definition) is 4. The molecule has 1 N–H and O–H groups in total. The molecule has 0 saturated carbocycles. The van der Waals surface area contributed by atoms with Crippen LogP contribution in [-0.2, 0) is 4.57 Å². The smallest absolute Gasteiger partial charge is 0.348 e. The zero-order valence-electron chi connectivity index (χ0n) is 6.81. The lowest BCUT2D eigenvalue weighted by Crippen LogP contribution is -2.20. The van der Waals surface area contributed by atoms with E-state index < -0.39 is 19.8 Å². The predicted octanol–water partition coefficient (Wildman–Crippen LogP) is -0.702. The third-order valence-electron chi connectivity index (χ3n) is 1.93. The molecular formula is C8H4NO4P. The Morgan fingerprint density at radius 1 is 1.14 bits per heavy atom. The number of carbonyl (C=O) groups is 2. The molecule has 70 valence electrons. The maximum absolute atomic E-state index is 11.1. The SMILES string of the molecule is O=C1NC(=O)c2cc([P+](=O)[O-])ccc21. The number of fused-ring (bicyclic) bond motifs is 1. The monoisotopic (exact) mass is 209 g/mol. The van der Waals surface area contributed by atoms with Crippen molar-refractivity contribution in [3.63, 3.8) is 0 Å². The van der Waals surface area contributed by atoms with Crippen LogP contribution in [0.3, 0.4) is 0 Å². The Morgan fingerprint density at radius 3 is 2.43 bits per heavy atom. The highest BCUT2D eigenvalue weighted by Gasteiger charge is 2.28. The normalized spacial score (nSPS) is 15.1. The van der Waals surface area contributed by atoms with E-state index >= 15 is 0 Å². The molecule has 1 heterocycles. The summed E-state index contributed by atoms with van der Waals surface area (Å²) in [4.78, 5) is 32.8. The number of imide groups is 1. The molecule has 1 aliphatic rings. The van der Waals surface area contributed by atoms with E-state index in [0.29, 0.717) is 0 Å². The number of carbonyl (C=O) groups excluding carboxylic acids is 2. The van der Waals surface area contributed by atoms with Gasteiger partial charge in [0.05, 0.1) is 11.1 Å². The summed E-state index contributed by atoms with van der Waals surface area (Å²) in [6, 6.07) is 3.82. The largest absolute Gasteiger partial charge is 0.591 e. The van der Waals surface area contributed by atoms with Crippen LogP contribution in [0.5, 0.6) is 0 Å². The minimum atomic E-state index is -2.73. The highest BCUT2D eigenvalue weighted by molar-refractivity contribution is 7.45. The van der Waals surface area contributed by atoms with Crippen LogP contribution in [0.2, 0.25) is 0 Å². The van der Waals surface area contributed by atoms with Crippen LogP contribution in [0.15, 0.2) is 18.2 Å². The number of hydrogen-bond donors (Lipinski definition) is 1. The summed E-state index contributed by atoms with van der Waals surface area (Å²) in [6.07, 6.45) is 0. The third-order valence-corrected chi connectivity index (χ3v) is 2.63. The average Bonchev–Trinajstić information content (AvgIpc) is 2.42. The second-order valence-corrected chi connectivity index (χ2v) is 3.80. The average molecular weight is 209 g/mol. The number of amides is 2. The van der Waals surface area contributed by atoms with Crippen LogP contribution in [0.1, 0.15) is 20.7 Å². The van der Waals surface area contributed by atoms with Crippen molar-refractivity contribution < 1.29 is 19.0 Å². The first-order chi connectivity index (χ1) is 6.59. The maximum Gasteiger partial charge on any atom is 0.348 e.